The molecule has 0 aromatic carbocycles. The van der Waals surface area contributed by atoms with Crippen LogP contribution in [0.5, 0.6) is 0 Å². The molecule has 1 aromatic rings. The lowest BCUT2D eigenvalue weighted by Gasteiger charge is -2.04. The first-order chi connectivity index (χ1) is 6.15. The van der Waals surface area contributed by atoms with Crippen LogP contribution >= 0.6 is 0 Å². The minimum atomic E-state index is -0.396. The lowest BCUT2D eigenvalue weighted by Crippen LogP contribution is -2.36. The fourth-order valence-electron chi connectivity index (χ4n) is 0.982. The third kappa shape index (κ3) is 2.16. The molecule has 1 amide bonds. The molecular weight excluding hydrogens is 170 g/mol. The second-order valence-electron chi connectivity index (χ2n) is 2.69. The van der Waals surface area contributed by atoms with Crippen LogP contribution in [0.25, 0.3) is 0 Å². The molecule has 5 nitrogen and oxygen atoms in total. The quantitative estimate of drug-likeness (QED) is 0.354. The molecule has 1 rings (SSSR count). The highest BCUT2D eigenvalue weighted by Crippen LogP contribution is 1.88. The number of rotatable bonds is 2. The van der Waals surface area contributed by atoms with E-state index >= 15 is 0 Å². The first-order valence-electron chi connectivity index (χ1n) is 3.80. The van der Waals surface area contributed by atoms with Gasteiger partial charge in [-0.25, -0.2) is 5.84 Å². The molecule has 0 aliphatic rings. The number of nitrogens with two attached hydrogens (primary N) is 1. The Morgan fingerprint density at radius 1 is 1.69 bits per heavy atom. The van der Waals surface area contributed by atoms with Crippen LogP contribution in [-0.4, -0.2) is 10.5 Å². The van der Waals surface area contributed by atoms with Crippen molar-refractivity contribution in [1.29, 1.82) is 0 Å². The molecule has 1 heterocycles. The highest BCUT2D eigenvalue weighted by molar-refractivity contribution is 5.74. The van der Waals surface area contributed by atoms with Crippen LogP contribution in [0, 0.1) is 6.92 Å². The van der Waals surface area contributed by atoms with Crippen LogP contribution < -0.4 is 16.8 Å². The largest absolute Gasteiger partial charge is 0.306 e. The summed E-state index contributed by atoms with van der Waals surface area (Å²) >= 11 is 0. The molecule has 13 heavy (non-hydrogen) atoms. The number of nitrogens with zero attached hydrogens (tertiary/aromatic N) is 1. The number of pyridine rings is 1. The van der Waals surface area contributed by atoms with Gasteiger partial charge in [-0.3, -0.25) is 15.0 Å². The maximum atomic E-state index is 11.4. The molecule has 0 spiro atoms. The van der Waals surface area contributed by atoms with Crippen molar-refractivity contribution in [3.8, 4) is 0 Å². The van der Waals surface area contributed by atoms with Gasteiger partial charge in [0.2, 0.25) is 0 Å². The zero-order valence-electron chi connectivity index (χ0n) is 7.28. The van der Waals surface area contributed by atoms with E-state index in [-0.39, 0.29) is 12.1 Å². The van der Waals surface area contributed by atoms with E-state index < -0.39 is 5.91 Å². The van der Waals surface area contributed by atoms with E-state index in [1.165, 1.54) is 4.57 Å². The standard InChI is InChI=1S/C8H11N3O2/c1-6-3-2-4-11(8(6)13)5-7(12)10-9/h2-4H,5,9H2,1H3,(H,10,12). The van der Waals surface area contributed by atoms with Gasteiger partial charge in [-0.15, -0.1) is 0 Å². The second kappa shape index (κ2) is 3.86. The Morgan fingerprint density at radius 3 is 3.00 bits per heavy atom. The maximum absolute atomic E-state index is 11.4. The van der Waals surface area contributed by atoms with E-state index in [0.717, 1.165) is 0 Å². The highest BCUT2D eigenvalue weighted by Gasteiger charge is 2.02. The Kier molecular flexibility index (Phi) is 2.81. The van der Waals surface area contributed by atoms with E-state index in [2.05, 4.69) is 0 Å². The molecule has 0 saturated heterocycles. The molecule has 70 valence electrons. The fraction of sp³-hybridized carbons (Fsp3) is 0.250. The number of amides is 1. The van der Waals surface area contributed by atoms with E-state index in [1.807, 2.05) is 5.43 Å². The first-order valence-corrected chi connectivity index (χ1v) is 3.80. The SMILES string of the molecule is Cc1cccn(CC(=O)NN)c1=O. The van der Waals surface area contributed by atoms with E-state index in [1.54, 1.807) is 25.3 Å². The smallest absolute Gasteiger partial charge is 0.253 e. The number of nitrogens with one attached hydrogen (secondary N) is 1. The Labute approximate surface area is 75.1 Å². The average Bonchev–Trinajstić information content (AvgIpc) is 2.13. The van der Waals surface area contributed by atoms with E-state index in [4.69, 9.17) is 5.84 Å². The molecule has 0 fully saturated rings. The average molecular weight is 181 g/mol. The van der Waals surface area contributed by atoms with Crippen molar-refractivity contribution >= 4 is 5.91 Å². The van der Waals surface area contributed by atoms with Crippen molar-refractivity contribution in [2.24, 2.45) is 5.84 Å². The van der Waals surface area contributed by atoms with Gasteiger partial charge in [0.25, 0.3) is 11.5 Å². The van der Waals surface area contributed by atoms with Crippen LogP contribution in [-0.2, 0) is 11.3 Å². The van der Waals surface area contributed by atoms with Crippen molar-refractivity contribution in [3.63, 3.8) is 0 Å². The summed E-state index contributed by atoms with van der Waals surface area (Å²) in [5.74, 6) is 4.50. The van der Waals surface area contributed by atoms with Gasteiger partial charge >= 0.3 is 0 Å². The molecule has 0 radical (unpaired) electrons. The number of aromatic nitrogens is 1. The Balaban J connectivity index is 2.96. The zero-order valence-corrected chi connectivity index (χ0v) is 7.28. The summed E-state index contributed by atoms with van der Waals surface area (Å²) < 4.78 is 1.30. The van der Waals surface area contributed by atoms with Crippen molar-refractivity contribution in [3.05, 3.63) is 34.2 Å². The summed E-state index contributed by atoms with van der Waals surface area (Å²) in [7, 11) is 0. The Hall–Kier alpha value is -1.62. The van der Waals surface area contributed by atoms with Gasteiger partial charge in [-0.2, -0.15) is 0 Å². The third-order valence-electron chi connectivity index (χ3n) is 1.69. The van der Waals surface area contributed by atoms with Gasteiger partial charge in [0.15, 0.2) is 0 Å². The third-order valence-corrected chi connectivity index (χ3v) is 1.69. The summed E-state index contributed by atoms with van der Waals surface area (Å²) in [6.07, 6.45) is 1.55. The summed E-state index contributed by atoms with van der Waals surface area (Å²) in [5.41, 5.74) is 2.39. The molecule has 0 aliphatic heterocycles. The van der Waals surface area contributed by atoms with Gasteiger partial charge in [-0.05, 0) is 13.0 Å². The molecule has 0 bridgehead atoms. The Bertz CT molecular complexity index is 370. The number of hydrazine groups is 1. The number of hydrogen-bond acceptors (Lipinski definition) is 3. The Morgan fingerprint density at radius 2 is 2.38 bits per heavy atom. The number of carbonyl (C=O) groups excluding carboxylic acids is 1. The fourth-order valence-corrected chi connectivity index (χ4v) is 0.982. The minimum absolute atomic E-state index is 0.0446. The van der Waals surface area contributed by atoms with Gasteiger partial charge in [0.05, 0.1) is 0 Å². The molecule has 3 N–H and O–H groups in total. The predicted octanol–water partition coefficient (Wildman–Crippen LogP) is -0.853. The predicted molar refractivity (Wildman–Crippen MR) is 47.8 cm³/mol. The molecule has 0 unspecified atom stereocenters. The van der Waals surface area contributed by atoms with Crippen LogP contribution in [0.15, 0.2) is 23.1 Å². The minimum Gasteiger partial charge on any atom is -0.306 e. The number of hydrogen-bond donors (Lipinski definition) is 2. The molecule has 0 atom stereocenters. The maximum Gasteiger partial charge on any atom is 0.253 e. The summed E-state index contributed by atoms with van der Waals surface area (Å²) in [4.78, 5) is 22.2. The van der Waals surface area contributed by atoms with Crippen molar-refractivity contribution < 1.29 is 4.79 Å². The van der Waals surface area contributed by atoms with Gasteiger partial charge in [0, 0.05) is 11.8 Å². The number of aryl methyl sites for hydroxylation is 1. The van der Waals surface area contributed by atoms with E-state index in [9.17, 15) is 9.59 Å². The van der Waals surface area contributed by atoms with Gasteiger partial charge in [0.1, 0.15) is 6.54 Å². The number of carbonyl (C=O) groups is 1. The molecule has 5 heteroatoms. The van der Waals surface area contributed by atoms with E-state index in [0.29, 0.717) is 5.56 Å². The topological polar surface area (TPSA) is 77.1 Å². The van der Waals surface area contributed by atoms with Crippen LogP contribution in [0.3, 0.4) is 0 Å². The van der Waals surface area contributed by atoms with Crippen molar-refractivity contribution in [2.45, 2.75) is 13.5 Å². The summed E-state index contributed by atoms with van der Waals surface area (Å²) in [5, 5.41) is 0. The van der Waals surface area contributed by atoms with Gasteiger partial charge in [-0.1, -0.05) is 6.07 Å². The normalized spacial score (nSPS) is 9.69. The molecular formula is C8H11N3O2. The lowest BCUT2D eigenvalue weighted by molar-refractivity contribution is -0.121. The van der Waals surface area contributed by atoms with Crippen LogP contribution in [0.4, 0.5) is 0 Å². The van der Waals surface area contributed by atoms with Crippen LogP contribution in [0.1, 0.15) is 5.56 Å². The van der Waals surface area contributed by atoms with Crippen molar-refractivity contribution in [2.75, 3.05) is 0 Å². The van der Waals surface area contributed by atoms with Crippen LogP contribution in [0.2, 0.25) is 0 Å². The first kappa shape index (κ1) is 9.47. The zero-order chi connectivity index (χ0) is 9.84. The van der Waals surface area contributed by atoms with Crippen molar-refractivity contribution in [1.82, 2.24) is 9.99 Å². The summed E-state index contributed by atoms with van der Waals surface area (Å²) in [6, 6.07) is 3.40. The highest BCUT2D eigenvalue weighted by atomic mass is 16.2. The summed E-state index contributed by atoms with van der Waals surface area (Å²) in [6.45, 7) is 1.65. The molecule has 0 saturated carbocycles. The van der Waals surface area contributed by atoms with Gasteiger partial charge < -0.3 is 4.57 Å². The lowest BCUT2D eigenvalue weighted by atomic mass is 10.3. The molecule has 0 aliphatic carbocycles. The second-order valence-corrected chi connectivity index (χ2v) is 2.69. The molecule has 1 aromatic heterocycles. The monoisotopic (exact) mass is 181 g/mol.